The summed E-state index contributed by atoms with van der Waals surface area (Å²) in [6.07, 6.45) is 2.03. The molecule has 1 aromatic heterocycles. The van der Waals surface area contributed by atoms with Gasteiger partial charge in [-0.25, -0.2) is 0 Å². The molecular formula is C9H11Cl2N. The highest BCUT2D eigenvalue weighted by Crippen LogP contribution is 2.15. The molecule has 0 bridgehead atoms. The van der Waals surface area contributed by atoms with Crippen molar-refractivity contribution in [3.05, 3.63) is 36.2 Å². The number of halogens is 2. The van der Waals surface area contributed by atoms with Gasteiger partial charge in [0.15, 0.2) is 0 Å². The Hall–Kier alpha value is -0.660. The molecule has 0 aliphatic rings. The van der Waals surface area contributed by atoms with Gasteiger partial charge in [0.25, 0.3) is 0 Å². The van der Waals surface area contributed by atoms with E-state index in [1.54, 1.807) is 0 Å². The molecule has 0 aliphatic heterocycles. The third-order valence-corrected chi connectivity index (χ3v) is 1.81. The average Bonchev–Trinajstić information content (AvgIpc) is 2.34. The Bertz CT molecular complexity index is 354. The summed E-state index contributed by atoms with van der Waals surface area (Å²) in [4.78, 5) is 3.18. The van der Waals surface area contributed by atoms with Crippen LogP contribution < -0.4 is 0 Å². The molecule has 1 aromatic carbocycles. The molecule has 1 heterocycles. The lowest BCUT2D eigenvalue weighted by atomic mass is 10.2. The van der Waals surface area contributed by atoms with E-state index in [2.05, 4.69) is 36.2 Å². The maximum atomic E-state index is 3.18. The summed E-state index contributed by atoms with van der Waals surface area (Å²) >= 11 is 0. The molecule has 1 N–H and O–H groups in total. The first-order valence-electron chi connectivity index (χ1n) is 3.40. The zero-order valence-corrected chi connectivity index (χ0v) is 8.34. The van der Waals surface area contributed by atoms with Crippen LogP contribution >= 0.6 is 24.8 Å². The van der Waals surface area contributed by atoms with Crippen LogP contribution in [0.25, 0.3) is 10.8 Å². The second-order valence-electron chi connectivity index (χ2n) is 2.50. The normalized spacial score (nSPS) is 8.75. The summed E-state index contributed by atoms with van der Waals surface area (Å²) in [5.74, 6) is 0. The van der Waals surface area contributed by atoms with Crippen LogP contribution in [0.3, 0.4) is 0 Å². The molecule has 66 valence electrons. The molecule has 0 spiro atoms. The van der Waals surface area contributed by atoms with Gasteiger partial charge < -0.3 is 4.98 Å². The third kappa shape index (κ3) is 1.74. The van der Waals surface area contributed by atoms with Crippen LogP contribution in [0, 0.1) is 6.92 Å². The van der Waals surface area contributed by atoms with Gasteiger partial charge in [-0.1, -0.05) is 24.3 Å². The lowest BCUT2D eigenvalue weighted by Crippen LogP contribution is -1.66. The maximum absolute atomic E-state index is 3.18. The number of H-pyrrole nitrogens is 1. The summed E-state index contributed by atoms with van der Waals surface area (Å²) in [6, 6.07) is 8.35. The highest BCUT2D eigenvalue weighted by Gasteiger charge is 1.94. The first kappa shape index (κ1) is 11.3. The zero-order chi connectivity index (χ0) is 6.97. The van der Waals surface area contributed by atoms with Gasteiger partial charge in [-0.3, -0.25) is 0 Å². The van der Waals surface area contributed by atoms with Gasteiger partial charge in [-0.15, -0.1) is 24.8 Å². The van der Waals surface area contributed by atoms with E-state index < -0.39 is 0 Å². The van der Waals surface area contributed by atoms with Gasteiger partial charge in [0.2, 0.25) is 0 Å². The van der Waals surface area contributed by atoms with Crippen LogP contribution in [0.15, 0.2) is 30.5 Å². The number of fused-ring (bicyclic) bond motifs is 1. The van der Waals surface area contributed by atoms with Gasteiger partial charge >= 0.3 is 0 Å². The van der Waals surface area contributed by atoms with Crippen LogP contribution in [0.4, 0.5) is 0 Å². The number of benzene rings is 1. The van der Waals surface area contributed by atoms with Crippen LogP contribution in [-0.4, -0.2) is 4.98 Å². The molecular weight excluding hydrogens is 193 g/mol. The summed E-state index contributed by atoms with van der Waals surface area (Å²) in [6.45, 7) is 2.09. The first-order chi connectivity index (χ1) is 4.88. The highest BCUT2D eigenvalue weighted by molar-refractivity contribution is 5.86. The Morgan fingerprint density at radius 1 is 1.08 bits per heavy atom. The lowest BCUT2D eigenvalue weighted by Gasteiger charge is -1.86. The third-order valence-electron chi connectivity index (χ3n) is 1.81. The molecule has 0 saturated carbocycles. The van der Waals surface area contributed by atoms with Crippen LogP contribution in [-0.2, 0) is 0 Å². The Balaban J connectivity index is 0.000000605. The summed E-state index contributed by atoms with van der Waals surface area (Å²) in [5.41, 5.74) is 1.25. The van der Waals surface area contributed by atoms with E-state index in [0.29, 0.717) is 0 Å². The van der Waals surface area contributed by atoms with Crippen molar-refractivity contribution >= 4 is 35.6 Å². The van der Waals surface area contributed by atoms with Gasteiger partial charge in [0.05, 0.1) is 0 Å². The van der Waals surface area contributed by atoms with E-state index in [1.807, 2.05) is 6.20 Å². The smallest absolute Gasteiger partial charge is 0.0195 e. The predicted octanol–water partition coefficient (Wildman–Crippen LogP) is 3.32. The van der Waals surface area contributed by atoms with E-state index in [-0.39, 0.29) is 24.8 Å². The highest BCUT2D eigenvalue weighted by atomic mass is 35.5. The number of rotatable bonds is 0. The van der Waals surface area contributed by atoms with Gasteiger partial charge in [0, 0.05) is 17.3 Å². The summed E-state index contributed by atoms with van der Waals surface area (Å²) < 4.78 is 0. The van der Waals surface area contributed by atoms with Crippen molar-refractivity contribution in [1.29, 1.82) is 0 Å². The molecule has 2 rings (SSSR count). The van der Waals surface area contributed by atoms with Gasteiger partial charge in [0.1, 0.15) is 0 Å². The molecule has 1 nitrogen and oxygen atoms in total. The molecule has 2 aromatic rings. The second kappa shape index (κ2) is 4.39. The number of aromatic nitrogens is 1. The minimum Gasteiger partial charge on any atom is -0.364 e. The van der Waals surface area contributed by atoms with Crippen molar-refractivity contribution in [2.24, 2.45) is 0 Å². The topological polar surface area (TPSA) is 15.8 Å². The monoisotopic (exact) mass is 203 g/mol. The van der Waals surface area contributed by atoms with Crippen LogP contribution in [0.1, 0.15) is 5.69 Å². The zero-order valence-electron chi connectivity index (χ0n) is 6.70. The number of nitrogens with one attached hydrogen (secondary N) is 1. The summed E-state index contributed by atoms with van der Waals surface area (Å²) in [7, 11) is 0. The van der Waals surface area contributed by atoms with Gasteiger partial charge in [-0.2, -0.15) is 0 Å². The van der Waals surface area contributed by atoms with E-state index in [0.717, 1.165) is 0 Å². The number of aryl methyl sites for hydroxylation is 1. The quantitative estimate of drug-likeness (QED) is 0.677. The van der Waals surface area contributed by atoms with Crippen molar-refractivity contribution in [2.75, 3.05) is 0 Å². The molecule has 0 aliphatic carbocycles. The molecule has 0 fully saturated rings. The maximum Gasteiger partial charge on any atom is 0.0195 e. The molecule has 0 amide bonds. The van der Waals surface area contributed by atoms with E-state index in [9.17, 15) is 0 Å². The standard InChI is InChI=1S/C9H9N.2ClH/c1-7-9-5-3-2-4-8(9)6-10-7;;/h2-6,10H,1H3;2*1H. The minimum atomic E-state index is 0. The Kier molecular flexibility index (Phi) is 4.15. The predicted molar refractivity (Wildman–Crippen MR) is 57.5 cm³/mol. The largest absolute Gasteiger partial charge is 0.364 e. The van der Waals surface area contributed by atoms with Crippen molar-refractivity contribution in [3.8, 4) is 0 Å². The molecule has 12 heavy (non-hydrogen) atoms. The Morgan fingerprint density at radius 3 is 2.42 bits per heavy atom. The van der Waals surface area contributed by atoms with Crippen molar-refractivity contribution < 1.29 is 0 Å². The fourth-order valence-electron chi connectivity index (χ4n) is 1.23. The van der Waals surface area contributed by atoms with E-state index in [1.165, 1.54) is 16.5 Å². The Morgan fingerprint density at radius 2 is 1.75 bits per heavy atom. The van der Waals surface area contributed by atoms with E-state index in [4.69, 9.17) is 0 Å². The van der Waals surface area contributed by atoms with Crippen LogP contribution in [0.5, 0.6) is 0 Å². The first-order valence-corrected chi connectivity index (χ1v) is 3.40. The molecule has 0 atom stereocenters. The fraction of sp³-hybridized carbons (Fsp3) is 0.111. The van der Waals surface area contributed by atoms with Gasteiger partial charge in [-0.05, 0) is 12.3 Å². The molecule has 0 radical (unpaired) electrons. The molecule has 3 heteroatoms. The SMILES string of the molecule is Cc1[nH]cc2ccccc12.Cl.Cl. The lowest BCUT2D eigenvalue weighted by molar-refractivity contribution is 1.28. The van der Waals surface area contributed by atoms with Crippen LogP contribution in [0.2, 0.25) is 0 Å². The van der Waals surface area contributed by atoms with Crippen molar-refractivity contribution in [3.63, 3.8) is 0 Å². The second-order valence-corrected chi connectivity index (χ2v) is 2.50. The fourth-order valence-corrected chi connectivity index (χ4v) is 1.23. The van der Waals surface area contributed by atoms with Crippen molar-refractivity contribution in [1.82, 2.24) is 4.98 Å². The number of aromatic amines is 1. The summed E-state index contributed by atoms with van der Waals surface area (Å²) in [5, 5.41) is 2.61. The Labute approximate surface area is 84.0 Å². The number of hydrogen-bond acceptors (Lipinski definition) is 0. The van der Waals surface area contributed by atoms with E-state index >= 15 is 0 Å². The minimum absolute atomic E-state index is 0. The molecule has 0 saturated heterocycles. The number of hydrogen-bond donors (Lipinski definition) is 1. The average molecular weight is 204 g/mol. The molecule has 0 unspecified atom stereocenters. The van der Waals surface area contributed by atoms with Crippen molar-refractivity contribution in [2.45, 2.75) is 6.92 Å².